The molecular formula is C37H27NO. The summed E-state index contributed by atoms with van der Waals surface area (Å²) in [4.78, 5) is 0. The number of anilines is 2. The molecule has 6 aromatic carbocycles. The molecule has 0 radical (unpaired) electrons. The van der Waals surface area contributed by atoms with Gasteiger partial charge in [0.2, 0.25) is 0 Å². The van der Waals surface area contributed by atoms with E-state index in [4.69, 9.17) is 4.42 Å². The Bertz CT molecular complexity index is 2040. The Morgan fingerprint density at radius 3 is 2.18 bits per heavy atom. The summed E-state index contributed by atoms with van der Waals surface area (Å²) < 4.78 is 6.09. The number of benzene rings is 6. The zero-order valence-corrected chi connectivity index (χ0v) is 22.0. The summed E-state index contributed by atoms with van der Waals surface area (Å²) in [5.41, 5.74) is 9.64. The molecule has 0 bridgehead atoms. The molecule has 0 atom stereocenters. The van der Waals surface area contributed by atoms with Crippen LogP contribution in [0, 0.1) is 0 Å². The van der Waals surface area contributed by atoms with Crippen LogP contribution < -0.4 is 5.32 Å². The van der Waals surface area contributed by atoms with E-state index in [0.29, 0.717) is 0 Å². The monoisotopic (exact) mass is 501 g/mol. The molecule has 7 aromatic rings. The molecule has 0 amide bonds. The lowest BCUT2D eigenvalue weighted by atomic mass is 9.82. The van der Waals surface area contributed by atoms with Crippen molar-refractivity contribution < 1.29 is 4.42 Å². The number of rotatable bonds is 3. The number of fused-ring (bicyclic) bond motifs is 7. The van der Waals surface area contributed by atoms with E-state index in [1.165, 1.54) is 43.8 Å². The molecule has 1 aliphatic rings. The van der Waals surface area contributed by atoms with Crippen molar-refractivity contribution in [2.75, 3.05) is 5.32 Å². The highest BCUT2D eigenvalue weighted by molar-refractivity contribution is 6.02. The Balaban J connectivity index is 1.13. The summed E-state index contributed by atoms with van der Waals surface area (Å²) in [6.45, 7) is 4.68. The zero-order valence-electron chi connectivity index (χ0n) is 22.0. The number of para-hydroxylation sites is 1. The van der Waals surface area contributed by atoms with Crippen molar-refractivity contribution in [1.82, 2.24) is 0 Å². The topological polar surface area (TPSA) is 25.2 Å². The summed E-state index contributed by atoms with van der Waals surface area (Å²) >= 11 is 0. The van der Waals surface area contributed by atoms with Crippen molar-refractivity contribution in [2.24, 2.45) is 0 Å². The van der Waals surface area contributed by atoms with Gasteiger partial charge in [-0.2, -0.15) is 0 Å². The third-order valence-corrected chi connectivity index (χ3v) is 8.40. The van der Waals surface area contributed by atoms with Gasteiger partial charge < -0.3 is 9.73 Å². The van der Waals surface area contributed by atoms with E-state index in [1.807, 2.05) is 18.2 Å². The number of hydrogen-bond donors (Lipinski definition) is 1. The van der Waals surface area contributed by atoms with Crippen LogP contribution >= 0.6 is 0 Å². The maximum atomic E-state index is 6.09. The lowest BCUT2D eigenvalue weighted by molar-refractivity contribution is 0.631. The largest absolute Gasteiger partial charge is 0.456 e. The average molecular weight is 502 g/mol. The standard InChI is InChI=1S/C37H27NO/c1-37(2)32-18-14-23-7-3-5-9-30(23)36(32)31-17-16-29(22-33(31)37)38-28-15-13-24-19-27(12-11-25(24)20-28)35-21-26-8-4-6-10-34(26)39-35/h3-22,38H,1-2H3. The summed E-state index contributed by atoms with van der Waals surface area (Å²) in [5.74, 6) is 0.898. The molecule has 8 rings (SSSR count). The molecule has 0 fully saturated rings. The van der Waals surface area contributed by atoms with Gasteiger partial charge >= 0.3 is 0 Å². The highest BCUT2D eigenvalue weighted by Crippen LogP contribution is 2.52. The van der Waals surface area contributed by atoms with E-state index in [0.717, 1.165) is 33.7 Å². The summed E-state index contributed by atoms with van der Waals surface area (Å²) in [7, 11) is 0. The fourth-order valence-electron chi connectivity index (χ4n) is 6.35. The highest BCUT2D eigenvalue weighted by Gasteiger charge is 2.36. The van der Waals surface area contributed by atoms with Crippen molar-refractivity contribution in [2.45, 2.75) is 19.3 Å². The van der Waals surface area contributed by atoms with E-state index in [-0.39, 0.29) is 5.41 Å². The Hall–Kier alpha value is -4.82. The predicted molar refractivity (Wildman–Crippen MR) is 164 cm³/mol. The van der Waals surface area contributed by atoms with Gasteiger partial charge in [0, 0.05) is 27.7 Å². The third kappa shape index (κ3) is 3.42. The van der Waals surface area contributed by atoms with Crippen molar-refractivity contribution in [3.05, 3.63) is 132 Å². The van der Waals surface area contributed by atoms with Gasteiger partial charge in [-0.25, -0.2) is 0 Å². The zero-order chi connectivity index (χ0) is 26.1. The van der Waals surface area contributed by atoms with Crippen LogP contribution in [0.25, 0.3) is 55.0 Å². The van der Waals surface area contributed by atoms with Crippen molar-refractivity contribution in [1.29, 1.82) is 0 Å². The molecule has 2 nitrogen and oxygen atoms in total. The van der Waals surface area contributed by atoms with E-state index in [9.17, 15) is 0 Å². The predicted octanol–water partition coefficient (Wildman–Crippen LogP) is 10.5. The Labute approximate surface area is 227 Å². The second-order valence-electron chi connectivity index (χ2n) is 11.1. The fourth-order valence-corrected chi connectivity index (χ4v) is 6.35. The molecule has 1 heterocycles. The SMILES string of the molecule is CC1(C)c2cc(Nc3ccc4cc(-c5cc6ccccc6o5)ccc4c3)ccc2-c2c1ccc1ccccc21. The first-order chi connectivity index (χ1) is 19.0. The van der Waals surface area contributed by atoms with Gasteiger partial charge in [-0.05, 0) is 86.3 Å². The van der Waals surface area contributed by atoms with Crippen LogP contribution in [-0.4, -0.2) is 0 Å². The van der Waals surface area contributed by atoms with Crippen LogP contribution in [-0.2, 0) is 5.41 Å². The van der Waals surface area contributed by atoms with Crippen LogP contribution in [0.5, 0.6) is 0 Å². The Kier molecular flexibility index (Phi) is 4.60. The average Bonchev–Trinajstić information content (AvgIpc) is 3.50. The molecule has 0 spiro atoms. The summed E-state index contributed by atoms with van der Waals surface area (Å²) in [6.07, 6.45) is 0. The van der Waals surface area contributed by atoms with E-state index >= 15 is 0 Å². The van der Waals surface area contributed by atoms with Crippen LogP contribution in [0.3, 0.4) is 0 Å². The second kappa shape index (κ2) is 8.09. The van der Waals surface area contributed by atoms with Crippen LogP contribution in [0.1, 0.15) is 25.0 Å². The Morgan fingerprint density at radius 2 is 1.28 bits per heavy atom. The minimum absolute atomic E-state index is 0.0528. The molecule has 186 valence electrons. The van der Waals surface area contributed by atoms with Gasteiger partial charge in [-0.3, -0.25) is 0 Å². The maximum absolute atomic E-state index is 6.09. The van der Waals surface area contributed by atoms with Gasteiger partial charge in [0.05, 0.1) is 0 Å². The first-order valence-electron chi connectivity index (χ1n) is 13.5. The number of nitrogens with one attached hydrogen (secondary N) is 1. The molecule has 39 heavy (non-hydrogen) atoms. The summed E-state index contributed by atoms with van der Waals surface area (Å²) in [6, 6.07) is 43.5. The smallest absolute Gasteiger partial charge is 0.135 e. The van der Waals surface area contributed by atoms with Crippen LogP contribution in [0.15, 0.2) is 126 Å². The Morgan fingerprint density at radius 1 is 0.564 bits per heavy atom. The van der Waals surface area contributed by atoms with Gasteiger partial charge in [0.25, 0.3) is 0 Å². The van der Waals surface area contributed by atoms with E-state index < -0.39 is 0 Å². The minimum atomic E-state index is -0.0528. The van der Waals surface area contributed by atoms with Gasteiger partial charge in [-0.1, -0.05) is 92.7 Å². The fraction of sp³-hybridized carbons (Fsp3) is 0.0811. The number of hydrogen-bond acceptors (Lipinski definition) is 2. The minimum Gasteiger partial charge on any atom is -0.456 e. The molecule has 0 saturated heterocycles. The molecule has 0 unspecified atom stereocenters. The van der Waals surface area contributed by atoms with E-state index in [1.54, 1.807) is 0 Å². The van der Waals surface area contributed by atoms with Gasteiger partial charge in [-0.15, -0.1) is 0 Å². The summed E-state index contributed by atoms with van der Waals surface area (Å²) in [5, 5.41) is 9.81. The molecule has 1 aliphatic carbocycles. The second-order valence-corrected chi connectivity index (χ2v) is 11.1. The van der Waals surface area contributed by atoms with Crippen molar-refractivity contribution in [3.8, 4) is 22.5 Å². The first kappa shape index (κ1) is 22.2. The first-order valence-corrected chi connectivity index (χ1v) is 13.5. The molecular weight excluding hydrogens is 474 g/mol. The highest BCUT2D eigenvalue weighted by atomic mass is 16.3. The third-order valence-electron chi connectivity index (χ3n) is 8.40. The molecule has 2 heteroatoms. The van der Waals surface area contributed by atoms with Crippen LogP contribution in [0.2, 0.25) is 0 Å². The number of furan rings is 1. The molecule has 0 saturated carbocycles. The normalized spacial score (nSPS) is 13.6. The maximum Gasteiger partial charge on any atom is 0.135 e. The van der Waals surface area contributed by atoms with Crippen molar-refractivity contribution >= 4 is 43.9 Å². The van der Waals surface area contributed by atoms with E-state index in [2.05, 4.69) is 122 Å². The van der Waals surface area contributed by atoms with Crippen molar-refractivity contribution in [3.63, 3.8) is 0 Å². The van der Waals surface area contributed by atoms with Crippen LogP contribution in [0.4, 0.5) is 11.4 Å². The lowest BCUT2D eigenvalue weighted by Crippen LogP contribution is -2.15. The lowest BCUT2D eigenvalue weighted by Gasteiger charge is -2.22. The quantitative estimate of drug-likeness (QED) is 0.260. The molecule has 1 N–H and O–H groups in total. The van der Waals surface area contributed by atoms with Gasteiger partial charge in [0.1, 0.15) is 11.3 Å². The molecule has 0 aliphatic heterocycles. The van der Waals surface area contributed by atoms with Gasteiger partial charge in [0.15, 0.2) is 0 Å². The molecule has 1 aromatic heterocycles.